The van der Waals surface area contributed by atoms with Crippen LogP contribution in [-0.2, 0) is 14.3 Å². The standard InChI is InChI=1S/C51H89NO8/c1-3-5-7-9-11-12-13-14-15-16-17-18-19-20-21-22-23-24-25-26-27-28-29-30-31-32-33-34-35-37-39-41-47(55)52-44(45(54)40-38-36-10-8-6-4-2)43-59-51-50(58)49(57)48(56)46(42-53)60-51/h5,7,11-12,14-15,17-18,20-21,38,40,44-46,48-51,53-54,56-58H,3-4,6,8-10,13,16,19,22-37,39,41-43H2,1-2H3,(H,52,55)/b7-5-,12-11-,15-14-,18-17-,21-20-,40-38+. The molecule has 0 aromatic rings. The van der Waals surface area contributed by atoms with Crippen molar-refractivity contribution in [3.8, 4) is 0 Å². The van der Waals surface area contributed by atoms with Crippen LogP contribution in [0, 0.1) is 0 Å². The lowest BCUT2D eigenvalue weighted by Crippen LogP contribution is -2.60. The van der Waals surface area contributed by atoms with Crippen LogP contribution in [0.3, 0.4) is 0 Å². The maximum absolute atomic E-state index is 12.9. The fraction of sp³-hybridized carbons (Fsp3) is 0.745. The lowest BCUT2D eigenvalue weighted by molar-refractivity contribution is -0.302. The van der Waals surface area contributed by atoms with Crippen molar-refractivity contribution in [2.45, 2.75) is 230 Å². The van der Waals surface area contributed by atoms with Gasteiger partial charge in [0, 0.05) is 6.42 Å². The van der Waals surface area contributed by atoms with Crippen molar-refractivity contribution >= 4 is 5.91 Å². The summed E-state index contributed by atoms with van der Waals surface area (Å²) in [5.74, 6) is -0.186. The molecule has 9 nitrogen and oxygen atoms in total. The monoisotopic (exact) mass is 844 g/mol. The Morgan fingerprint density at radius 1 is 0.583 bits per heavy atom. The summed E-state index contributed by atoms with van der Waals surface area (Å²) in [6.07, 6.45) is 48.6. The molecule has 1 rings (SSSR count). The third kappa shape index (κ3) is 30.6. The average molecular weight is 844 g/mol. The normalized spacial score (nSPS) is 21.2. The van der Waals surface area contributed by atoms with Crippen molar-refractivity contribution in [3.05, 3.63) is 72.9 Å². The van der Waals surface area contributed by atoms with Gasteiger partial charge in [0.05, 0.1) is 25.4 Å². The minimum absolute atomic E-state index is 0.186. The van der Waals surface area contributed by atoms with Gasteiger partial charge in [0.1, 0.15) is 24.4 Å². The molecule has 6 N–H and O–H groups in total. The maximum Gasteiger partial charge on any atom is 0.220 e. The molecule has 0 aromatic heterocycles. The molecule has 1 aliphatic heterocycles. The number of unbranched alkanes of at least 4 members (excludes halogenated alkanes) is 19. The first-order chi connectivity index (χ1) is 29.3. The molecular formula is C51H89NO8. The summed E-state index contributed by atoms with van der Waals surface area (Å²) in [6, 6.07) is -0.803. The van der Waals surface area contributed by atoms with E-state index in [0.29, 0.717) is 6.42 Å². The summed E-state index contributed by atoms with van der Waals surface area (Å²) in [5, 5.41) is 53.8. The van der Waals surface area contributed by atoms with E-state index in [-0.39, 0.29) is 12.5 Å². The third-order valence-electron chi connectivity index (χ3n) is 11.0. The summed E-state index contributed by atoms with van der Waals surface area (Å²) in [7, 11) is 0. The number of aliphatic hydroxyl groups is 5. The van der Waals surface area contributed by atoms with Gasteiger partial charge in [0.2, 0.25) is 5.91 Å². The molecule has 0 aliphatic carbocycles. The molecule has 0 aromatic carbocycles. The fourth-order valence-corrected chi connectivity index (χ4v) is 7.18. The van der Waals surface area contributed by atoms with Gasteiger partial charge in [-0.15, -0.1) is 0 Å². The van der Waals surface area contributed by atoms with E-state index in [2.05, 4.69) is 79.9 Å². The van der Waals surface area contributed by atoms with E-state index < -0.39 is 49.5 Å². The quantitative estimate of drug-likeness (QED) is 0.0265. The Hall–Kier alpha value is -2.37. The van der Waals surface area contributed by atoms with E-state index in [0.717, 1.165) is 83.5 Å². The van der Waals surface area contributed by atoms with E-state index in [4.69, 9.17) is 9.47 Å². The minimum atomic E-state index is -1.57. The molecule has 0 spiro atoms. The van der Waals surface area contributed by atoms with Gasteiger partial charge in [-0.1, -0.05) is 189 Å². The molecular weight excluding hydrogens is 755 g/mol. The highest BCUT2D eigenvalue weighted by molar-refractivity contribution is 5.76. The van der Waals surface area contributed by atoms with Gasteiger partial charge >= 0.3 is 0 Å². The van der Waals surface area contributed by atoms with E-state index in [1.165, 1.54) is 83.5 Å². The number of rotatable bonds is 39. The van der Waals surface area contributed by atoms with Crippen LogP contribution in [0.25, 0.3) is 0 Å². The number of amides is 1. The van der Waals surface area contributed by atoms with Crippen molar-refractivity contribution in [3.63, 3.8) is 0 Å². The minimum Gasteiger partial charge on any atom is -0.394 e. The van der Waals surface area contributed by atoms with Crippen molar-refractivity contribution in [1.29, 1.82) is 0 Å². The van der Waals surface area contributed by atoms with Crippen LogP contribution in [0.2, 0.25) is 0 Å². The first-order valence-corrected chi connectivity index (χ1v) is 24.2. The molecule has 7 unspecified atom stereocenters. The molecule has 1 heterocycles. The van der Waals surface area contributed by atoms with E-state index in [1.807, 2.05) is 6.08 Å². The van der Waals surface area contributed by atoms with Gasteiger partial charge in [-0.25, -0.2) is 0 Å². The van der Waals surface area contributed by atoms with Crippen LogP contribution in [0.1, 0.15) is 187 Å². The van der Waals surface area contributed by atoms with Crippen molar-refractivity contribution < 1.29 is 39.8 Å². The lowest BCUT2D eigenvalue weighted by Gasteiger charge is -2.40. The summed E-state index contributed by atoms with van der Waals surface area (Å²) in [4.78, 5) is 12.9. The van der Waals surface area contributed by atoms with Gasteiger partial charge < -0.3 is 40.3 Å². The van der Waals surface area contributed by atoms with Crippen molar-refractivity contribution in [1.82, 2.24) is 5.32 Å². The van der Waals surface area contributed by atoms with Crippen molar-refractivity contribution in [2.24, 2.45) is 0 Å². The predicted octanol–water partition coefficient (Wildman–Crippen LogP) is 10.6. The number of allylic oxidation sites excluding steroid dienone is 11. The zero-order chi connectivity index (χ0) is 43.7. The van der Waals surface area contributed by atoms with E-state index >= 15 is 0 Å². The fourth-order valence-electron chi connectivity index (χ4n) is 7.18. The topological polar surface area (TPSA) is 149 Å². The van der Waals surface area contributed by atoms with Crippen LogP contribution in [0.5, 0.6) is 0 Å². The molecule has 1 saturated heterocycles. The van der Waals surface area contributed by atoms with Gasteiger partial charge in [0.25, 0.3) is 0 Å². The van der Waals surface area contributed by atoms with Gasteiger partial charge in [-0.05, 0) is 64.2 Å². The summed E-state index contributed by atoms with van der Waals surface area (Å²) >= 11 is 0. The molecule has 0 saturated carbocycles. The number of aliphatic hydroxyl groups excluding tert-OH is 5. The number of ether oxygens (including phenoxy) is 2. The zero-order valence-electron chi connectivity index (χ0n) is 37.9. The van der Waals surface area contributed by atoms with Crippen LogP contribution in [0.4, 0.5) is 0 Å². The average Bonchev–Trinajstić information content (AvgIpc) is 3.25. The number of carbonyl (C=O) groups excluding carboxylic acids is 1. The molecule has 9 heteroatoms. The summed E-state index contributed by atoms with van der Waals surface area (Å²) in [6.45, 7) is 3.56. The highest BCUT2D eigenvalue weighted by atomic mass is 16.7. The highest BCUT2D eigenvalue weighted by Crippen LogP contribution is 2.22. The first kappa shape index (κ1) is 55.6. The van der Waals surface area contributed by atoms with E-state index in [1.54, 1.807) is 6.08 Å². The third-order valence-corrected chi connectivity index (χ3v) is 11.0. The van der Waals surface area contributed by atoms with Gasteiger partial charge in [-0.2, -0.15) is 0 Å². The second kappa shape index (κ2) is 40.7. The summed E-state index contributed by atoms with van der Waals surface area (Å²) < 4.78 is 11.1. The number of hydrogen-bond donors (Lipinski definition) is 6. The van der Waals surface area contributed by atoms with Crippen LogP contribution in [-0.4, -0.2) is 87.5 Å². The molecule has 60 heavy (non-hydrogen) atoms. The number of hydrogen-bond acceptors (Lipinski definition) is 8. The first-order valence-electron chi connectivity index (χ1n) is 24.2. The van der Waals surface area contributed by atoms with Crippen molar-refractivity contribution in [2.75, 3.05) is 13.2 Å². The number of carbonyl (C=O) groups is 1. The zero-order valence-corrected chi connectivity index (χ0v) is 37.9. The summed E-state index contributed by atoms with van der Waals surface area (Å²) in [5.41, 5.74) is 0. The van der Waals surface area contributed by atoms with Crippen LogP contribution >= 0.6 is 0 Å². The Bertz CT molecular complexity index is 1160. The lowest BCUT2D eigenvalue weighted by atomic mass is 9.99. The molecule has 7 atom stereocenters. The smallest absolute Gasteiger partial charge is 0.220 e. The molecule has 346 valence electrons. The molecule has 1 fully saturated rings. The Kier molecular flexibility index (Phi) is 37.7. The maximum atomic E-state index is 12.9. The Morgan fingerprint density at radius 3 is 1.53 bits per heavy atom. The largest absolute Gasteiger partial charge is 0.394 e. The Balaban J connectivity index is 2.09. The molecule has 1 amide bonds. The second-order valence-corrected chi connectivity index (χ2v) is 16.5. The van der Waals surface area contributed by atoms with Gasteiger partial charge in [-0.3, -0.25) is 4.79 Å². The Labute approximate surface area is 366 Å². The Morgan fingerprint density at radius 2 is 1.03 bits per heavy atom. The predicted molar refractivity (Wildman–Crippen MR) is 249 cm³/mol. The molecule has 0 bridgehead atoms. The van der Waals surface area contributed by atoms with E-state index in [9.17, 15) is 30.3 Å². The van der Waals surface area contributed by atoms with Crippen LogP contribution < -0.4 is 5.32 Å². The van der Waals surface area contributed by atoms with Crippen LogP contribution in [0.15, 0.2) is 72.9 Å². The highest BCUT2D eigenvalue weighted by Gasteiger charge is 2.44. The second-order valence-electron chi connectivity index (χ2n) is 16.5. The SMILES string of the molecule is CC/C=C\C/C=C\C/C=C\C/C=C\C/C=C\CCCCCCCCCCCCCCCCCC(=O)NC(COC1OC(CO)C(O)C(O)C1O)C(O)/C=C/CCCCCC. The molecule has 1 aliphatic rings. The number of nitrogens with one attached hydrogen (secondary N) is 1. The van der Waals surface area contributed by atoms with Gasteiger partial charge in [0.15, 0.2) is 6.29 Å². The molecule has 0 radical (unpaired) electrons.